The molecule has 0 radical (unpaired) electrons. The molecule has 3 fully saturated rings. The first-order chi connectivity index (χ1) is 18.9. The van der Waals surface area contributed by atoms with Gasteiger partial charge in [0.25, 0.3) is 0 Å². The predicted molar refractivity (Wildman–Crippen MR) is 141 cm³/mol. The lowest BCUT2D eigenvalue weighted by Gasteiger charge is -2.47. The van der Waals surface area contributed by atoms with Gasteiger partial charge in [0.15, 0.2) is 23.0 Å². The van der Waals surface area contributed by atoms with E-state index in [1.807, 2.05) is 42.1 Å². The maximum atomic E-state index is 14.1. The van der Waals surface area contributed by atoms with E-state index in [9.17, 15) is 14.3 Å². The molecule has 3 saturated carbocycles. The third-order valence-electron chi connectivity index (χ3n) is 8.20. The molecule has 0 spiro atoms. The molecule has 11 heteroatoms. The van der Waals surface area contributed by atoms with Gasteiger partial charge in [-0.2, -0.15) is 5.10 Å². The number of aliphatic carboxylic acids is 1. The van der Waals surface area contributed by atoms with Crippen LogP contribution in [0.3, 0.4) is 0 Å². The number of nitrogens with one attached hydrogen (secondary N) is 2. The number of carboxylic acid groups (broad SMARTS) is 1. The summed E-state index contributed by atoms with van der Waals surface area (Å²) in [5.41, 5.74) is 2.17. The van der Waals surface area contributed by atoms with Gasteiger partial charge in [0, 0.05) is 25.4 Å². The summed E-state index contributed by atoms with van der Waals surface area (Å²) in [4.78, 5) is 25.8. The highest BCUT2D eigenvalue weighted by molar-refractivity contribution is 5.89. The highest BCUT2D eigenvalue weighted by Crippen LogP contribution is 2.46. The zero-order valence-corrected chi connectivity index (χ0v) is 21.1. The number of aromatic amines is 1. The second kappa shape index (κ2) is 9.04. The largest absolute Gasteiger partial charge is 0.481 e. The van der Waals surface area contributed by atoms with Crippen LogP contribution in [0.5, 0.6) is 0 Å². The zero-order chi connectivity index (χ0) is 26.7. The Morgan fingerprint density at radius 2 is 1.92 bits per heavy atom. The molecule has 198 valence electrons. The second-order valence-corrected chi connectivity index (χ2v) is 10.5. The van der Waals surface area contributed by atoms with Gasteiger partial charge in [0.2, 0.25) is 0 Å². The summed E-state index contributed by atoms with van der Waals surface area (Å²) in [6.45, 7) is 0. The van der Waals surface area contributed by atoms with Crippen molar-refractivity contribution in [3.8, 4) is 34.4 Å². The SMILES string of the molecule is Cn1cccc1-c1ccc(-c2cc(NC3C4CCC(CC4)C3C(=O)O)nc(-c3[nH]nc4ncc(F)cc34)n2)o1. The molecule has 2 atom stereocenters. The van der Waals surface area contributed by atoms with Crippen molar-refractivity contribution < 1.29 is 18.7 Å². The lowest BCUT2D eigenvalue weighted by atomic mass is 9.61. The number of furan rings is 1. The van der Waals surface area contributed by atoms with E-state index in [1.165, 1.54) is 6.07 Å². The Labute approximate surface area is 222 Å². The molecule has 0 aromatic carbocycles. The topological polar surface area (TPSA) is 135 Å². The van der Waals surface area contributed by atoms with E-state index in [0.717, 1.165) is 37.6 Å². The summed E-state index contributed by atoms with van der Waals surface area (Å²) in [5, 5.41) is 21.1. The molecule has 5 aromatic rings. The van der Waals surface area contributed by atoms with Gasteiger partial charge >= 0.3 is 5.97 Å². The van der Waals surface area contributed by atoms with Gasteiger partial charge < -0.3 is 19.4 Å². The number of fused-ring (bicyclic) bond motifs is 4. The van der Waals surface area contributed by atoms with Crippen molar-refractivity contribution in [3.63, 3.8) is 0 Å². The minimum Gasteiger partial charge on any atom is -0.481 e. The molecular formula is C28H26FN7O3. The first kappa shape index (κ1) is 23.6. The van der Waals surface area contributed by atoms with Crippen LogP contribution < -0.4 is 5.32 Å². The molecule has 39 heavy (non-hydrogen) atoms. The lowest BCUT2D eigenvalue weighted by Crippen LogP contribution is -2.51. The van der Waals surface area contributed by atoms with Crippen LogP contribution in [0.1, 0.15) is 25.7 Å². The van der Waals surface area contributed by atoms with Gasteiger partial charge in [-0.1, -0.05) is 0 Å². The molecule has 0 aliphatic heterocycles. The van der Waals surface area contributed by atoms with Crippen LogP contribution in [-0.2, 0) is 11.8 Å². The molecule has 10 nitrogen and oxygen atoms in total. The fraction of sp³-hybridized carbons (Fsp3) is 0.321. The number of nitrogens with zero attached hydrogens (tertiary/aromatic N) is 5. The molecule has 3 aliphatic rings. The minimum absolute atomic E-state index is 0.147. The lowest BCUT2D eigenvalue weighted by molar-refractivity contribution is -0.148. The van der Waals surface area contributed by atoms with E-state index in [1.54, 1.807) is 6.07 Å². The van der Waals surface area contributed by atoms with Crippen LogP contribution in [0.4, 0.5) is 10.2 Å². The molecule has 8 rings (SSSR count). The Hall–Kier alpha value is -4.54. The van der Waals surface area contributed by atoms with Crippen molar-refractivity contribution in [1.29, 1.82) is 0 Å². The van der Waals surface area contributed by atoms with E-state index < -0.39 is 17.7 Å². The molecule has 5 heterocycles. The van der Waals surface area contributed by atoms with Gasteiger partial charge in [-0.25, -0.2) is 19.3 Å². The average molecular weight is 528 g/mol. The van der Waals surface area contributed by atoms with Gasteiger partial charge in [-0.15, -0.1) is 0 Å². The number of rotatable bonds is 6. The first-order valence-electron chi connectivity index (χ1n) is 13.0. The van der Waals surface area contributed by atoms with Crippen LogP contribution in [-0.4, -0.2) is 46.8 Å². The minimum atomic E-state index is -0.782. The van der Waals surface area contributed by atoms with E-state index in [0.29, 0.717) is 39.8 Å². The maximum Gasteiger partial charge on any atom is 0.308 e. The summed E-state index contributed by atoms with van der Waals surface area (Å²) in [6, 6.07) is 10.5. The monoisotopic (exact) mass is 527 g/mol. The summed E-state index contributed by atoms with van der Waals surface area (Å²) < 4.78 is 22.2. The number of halogens is 1. The van der Waals surface area contributed by atoms with E-state index >= 15 is 0 Å². The maximum absolute atomic E-state index is 14.1. The van der Waals surface area contributed by atoms with Crippen molar-refractivity contribution >= 4 is 22.8 Å². The molecule has 3 aliphatic carbocycles. The molecular weight excluding hydrogens is 501 g/mol. The van der Waals surface area contributed by atoms with E-state index in [2.05, 4.69) is 20.5 Å². The number of anilines is 1. The predicted octanol–water partition coefficient (Wildman–Crippen LogP) is 5.12. The normalized spacial score (nSPS) is 22.4. The Bertz CT molecular complexity index is 1700. The number of pyridine rings is 1. The van der Waals surface area contributed by atoms with Crippen molar-refractivity contribution in [2.24, 2.45) is 24.8 Å². The van der Waals surface area contributed by atoms with Gasteiger partial charge in [0.05, 0.1) is 23.2 Å². The van der Waals surface area contributed by atoms with Crippen molar-refractivity contribution in [3.05, 3.63) is 54.6 Å². The Kier molecular flexibility index (Phi) is 5.46. The highest BCUT2D eigenvalue weighted by Gasteiger charge is 2.47. The summed E-state index contributed by atoms with van der Waals surface area (Å²) in [6.07, 6.45) is 6.90. The Balaban J connectivity index is 1.33. The second-order valence-electron chi connectivity index (χ2n) is 10.5. The molecule has 0 saturated heterocycles. The van der Waals surface area contributed by atoms with Crippen LogP contribution in [0.2, 0.25) is 0 Å². The zero-order valence-electron chi connectivity index (χ0n) is 21.1. The fourth-order valence-electron chi connectivity index (χ4n) is 6.32. The number of carbonyl (C=O) groups is 1. The van der Waals surface area contributed by atoms with E-state index in [-0.39, 0.29) is 23.7 Å². The number of aromatic nitrogens is 6. The molecule has 3 N–H and O–H groups in total. The summed E-state index contributed by atoms with van der Waals surface area (Å²) in [5.74, 6) is 0.574. The Morgan fingerprint density at radius 3 is 2.69 bits per heavy atom. The van der Waals surface area contributed by atoms with Gasteiger partial charge in [-0.3, -0.25) is 9.89 Å². The molecule has 2 unspecified atom stereocenters. The number of aryl methyl sites for hydroxylation is 1. The summed E-state index contributed by atoms with van der Waals surface area (Å²) >= 11 is 0. The molecule has 2 bridgehead atoms. The number of H-pyrrole nitrogens is 1. The molecule has 0 amide bonds. The van der Waals surface area contributed by atoms with Crippen LogP contribution in [0.15, 0.2) is 53.2 Å². The smallest absolute Gasteiger partial charge is 0.308 e. The average Bonchev–Trinajstić information content (AvgIpc) is 3.68. The van der Waals surface area contributed by atoms with Crippen molar-refractivity contribution in [2.75, 3.05) is 5.32 Å². The Morgan fingerprint density at radius 1 is 1.13 bits per heavy atom. The standard InChI is InChI=1S/C28H26FN7O3/c1-36-10-2-3-19(36)21-9-8-20(39-21)18-12-22(32-24-15-6-4-14(5-7-15)23(24)28(37)38)33-27(31-18)25-17-11-16(29)13-30-26(17)35-34-25/h2-3,8-15,23-24H,4-7H2,1H3,(H,37,38)(H,30,34,35)(H,31,32,33). The van der Waals surface area contributed by atoms with Crippen molar-refractivity contribution in [1.82, 2.24) is 29.7 Å². The van der Waals surface area contributed by atoms with Crippen LogP contribution >= 0.6 is 0 Å². The van der Waals surface area contributed by atoms with Crippen molar-refractivity contribution in [2.45, 2.75) is 31.7 Å². The summed E-state index contributed by atoms with van der Waals surface area (Å²) in [7, 11) is 1.94. The van der Waals surface area contributed by atoms with Crippen LogP contribution in [0.25, 0.3) is 45.5 Å². The van der Waals surface area contributed by atoms with Gasteiger partial charge in [0.1, 0.15) is 23.0 Å². The fourth-order valence-corrected chi connectivity index (χ4v) is 6.32. The van der Waals surface area contributed by atoms with Crippen LogP contribution in [0, 0.1) is 23.6 Å². The molecule has 5 aromatic heterocycles. The first-order valence-corrected chi connectivity index (χ1v) is 13.0. The third-order valence-corrected chi connectivity index (χ3v) is 8.20. The van der Waals surface area contributed by atoms with Gasteiger partial charge in [-0.05, 0) is 67.9 Å². The highest BCUT2D eigenvalue weighted by atomic mass is 19.1. The number of carboxylic acids is 1. The number of hydrogen-bond donors (Lipinski definition) is 3. The number of hydrogen-bond acceptors (Lipinski definition) is 7. The quantitative estimate of drug-likeness (QED) is 0.277. The third kappa shape index (κ3) is 4.05. The van der Waals surface area contributed by atoms with E-state index in [4.69, 9.17) is 14.4 Å².